The predicted molar refractivity (Wildman–Crippen MR) is 224 cm³/mol. The largest absolute Gasteiger partial charge is 0.451 e. The van der Waals surface area contributed by atoms with E-state index in [1.54, 1.807) is 12.1 Å². The molecule has 4 fully saturated rings. The van der Waals surface area contributed by atoms with E-state index in [1.165, 1.54) is 87.8 Å². The molecule has 9 unspecified atom stereocenters. The van der Waals surface area contributed by atoms with E-state index in [0.717, 1.165) is 42.1 Å². The van der Waals surface area contributed by atoms with Crippen molar-refractivity contribution in [2.24, 2.45) is 52.3 Å². The lowest BCUT2D eigenvalue weighted by Crippen LogP contribution is -2.56. The van der Waals surface area contributed by atoms with Gasteiger partial charge in [-0.1, -0.05) is 66.0 Å². The van der Waals surface area contributed by atoms with Crippen LogP contribution in [0, 0.1) is 52.3 Å². The average molecular weight is 829 g/mol. The molecule has 3 aromatic rings. The van der Waals surface area contributed by atoms with Crippen LogP contribution in [0.1, 0.15) is 179 Å². The topological polar surface area (TPSA) is 139 Å². The molecule has 4 saturated carbocycles. The van der Waals surface area contributed by atoms with Crippen LogP contribution >= 0.6 is 0 Å². The molecule has 9 atom stereocenters. The van der Waals surface area contributed by atoms with Gasteiger partial charge in [-0.25, -0.2) is 28.8 Å². The molecule has 6 aliphatic rings. The molecule has 61 heavy (non-hydrogen) atoms. The van der Waals surface area contributed by atoms with E-state index in [0.29, 0.717) is 36.0 Å². The first-order valence-corrected chi connectivity index (χ1v) is 22.5. The minimum Gasteiger partial charge on any atom is -0.451 e. The quantitative estimate of drug-likeness (QED) is 0.0839. The third-order valence-corrected chi connectivity index (χ3v) is 16.6. The van der Waals surface area contributed by atoms with Crippen molar-refractivity contribution < 1.29 is 47.7 Å². The van der Waals surface area contributed by atoms with Crippen LogP contribution in [-0.2, 0) is 19.8 Å². The standard InChI is InChI=1S/C51H56O10/c1-28(2)7-6-8-29(3)40-19-20-41-37-18-13-33-27-51(24-23-49(33,4)42(37)21-22-50(40,41)5,61-44(53)31-10-17-36-39(26-31)48(57)60-46(36)55)32-11-14-34(15-12-32)58-43(52)30-9-16-35-38(25-30)47(56)59-45(35)54/h9-12,14-17,25-26,28-29,33,37,40-42H,6-8,13,18-24,27H2,1-5H3. The molecule has 0 spiro atoms. The fourth-order valence-electron chi connectivity index (χ4n) is 13.3. The van der Waals surface area contributed by atoms with Crippen LogP contribution in [0.3, 0.4) is 0 Å². The molecular formula is C51H56O10. The molecule has 10 heteroatoms. The Morgan fingerprint density at radius 2 is 1.26 bits per heavy atom. The lowest BCUT2D eigenvalue weighted by molar-refractivity contribution is -0.156. The van der Waals surface area contributed by atoms with Gasteiger partial charge >= 0.3 is 35.8 Å². The number of carbonyl (C=O) groups excluding carboxylic acids is 6. The van der Waals surface area contributed by atoms with Gasteiger partial charge in [0.05, 0.1) is 33.4 Å². The summed E-state index contributed by atoms with van der Waals surface area (Å²) in [6, 6.07) is 15.4. The maximum Gasteiger partial charge on any atom is 0.346 e. The molecule has 0 bridgehead atoms. The van der Waals surface area contributed by atoms with E-state index in [4.69, 9.17) is 14.2 Å². The van der Waals surface area contributed by atoms with Gasteiger partial charge in [-0.05, 0) is 164 Å². The zero-order valence-corrected chi connectivity index (χ0v) is 35.9. The Morgan fingerprint density at radius 1 is 0.656 bits per heavy atom. The van der Waals surface area contributed by atoms with Gasteiger partial charge in [-0.3, -0.25) is 0 Å². The molecular weight excluding hydrogens is 773 g/mol. The summed E-state index contributed by atoms with van der Waals surface area (Å²) in [5, 5.41) is 0. The summed E-state index contributed by atoms with van der Waals surface area (Å²) in [7, 11) is 0. The monoisotopic (exact) mass is 828 g/mol. The summed E-state index contributed by atoms with van der Waals surface area (Å²) < 4.78 is 21.8. The van der Waals surface area contributed by atoms with Gasteiger partial charge in [0.1, 0.15) is 11.4 Å². The second kappa shape index (κ2) is 15.3. The number of esters is 6. The van der Waals surface area contributed by atoms with E-state index >= 15 is 0 Å². The Hall–Kier alpha value is -5.12. The number of benzene rings is 3. The molecule has 0 amide bonds. The maximum absolute atomic E-state index is 14.2. The third-order valence-electron chi connectivity index (χ3n) is 16.6. The van der Waals surface area contributed by atoms with E-state index in [1.807, 2.05) is 12.1 Å². The Balaban J connectivity index is 0.966. The van der Waals surface area contributed by atoms with Crippen LogP contribution in [0.5, 0.6) is 5.75 Å². The summed E-state index contributed by atoms with van der Waals surface area (Å²) in [5.74, 6) is 0.506. The SMILES string of the molecule is CC(C)CCCC(C)C1CCC2C3CCC4CC(OC(=O)c5ccc6c(c5)C(=O)OC6=O)(c5ccc(OC(=O)c6ccc7c(c6)C(=O)OC7=O)cc5)CCC4(C)C3CCC12C. The minimum absolute atomic E-state index is 0.0144. The second-order valence-electron chi connectivity index (χ2n) is 20.1. The zero-order chi connectivity index (χ0) is 43.0. The average Bonchev–Trinajstić information content (AvgIpc) is 3.85. The summed E-state index contributed by atoms with van der Waals surface area (Å²) in [4.78, 5) is 76.1. The van der Waals surface area contributed by atoms with E-state index in [-0.39, 0.29) is 44.5 Å². The highest BCUT2D eigenvalue weighted by Gasteiger charge is 2.62. The van der Waals surface area contributed by atoms with Crippen LogP contribution in [-0.4, -0.2) is 35.8 Å². The summed E-state index contributed by atoms with van der Waals surface area (Å²) >= 11 is 0. The molecule has 2 aliphatic heterocycles. The number of hydrogen-bond donors (Lipinski definition) is 0. The molecule has 9 rings (SSSR count). The van der Waals surface area contributed by atoms with Crippen LogP contribution in [0.2, 0.25) is 0 Å². The molecule has 320 valence electrons. The van der Waals surface area contributed by atoms with Crippen molar-refractivity contribution in [3.63, 3.8) is 0 Å². The fourth-order valence-corrected chi connectivity index (χ4v) is 13.3. The Kier molecular flexibility index (Phi) is 10.4. The van der Waals surface area contributed by atoms with Crippen molar-refractivity contribution >= 4 is 35.8 Å². The first-order valence-electron chi connectivity index (χ1n) is 22.5. The number of ether oxygens (including phenoxy) is 4. The number of rotatable bonds is 10. The van der Waals surface area contributed by atoms with Crippen molar-refractivity contribution in [3.8, 4) is 5.75 Å². The van der Waals surface area contributed by atoms with Crippen molar-refractivity contribution in [1.82, 2.24) is 0 Å². The minimum atomic E-state index is -1.01. The molecule has 10 nitrogen and oxygen atoms in total. The number of fused-ring (bicyclic) bond motifs is 7. The molecule has 2 heterocycles. The Bertz CT molecular complexity index is 2330. The normalized spacial score (nSPS) is 31.6. The molecule has 0 aromatic heterocycles. The Morgan fingerprint density at radius 3 is 1.90 bits per heavy atom. The lowest BCUT2D eigenvalue weighted by Gasteiger charge is -2.62. The summed E-state index contributed by atoms with van der Waals surface area (Å²) in [6.07, 6.45) is 13.5. The molecule has 3 aromatic carbocycles. The van der Waals surface area contributed by atoms with Crippen molar-refractivity contribution in [2.45, 2.75) is 117 Å². The van der Waals surface area contributed by atoms with Gasteiger partial charge in [0.2, 0.25) is 0 Å². The summed E-state index contributed by atoms with van der Waals surface area (Å²) in [6.45, 7) is 12.3. The van der Waals surface area contributed by atoms with Gasteiger partial charge in [0, 0.05) is 0 Å². The van der Waals surface area contributed by atoms with Gasteiger partial charge < -0.3 is 18.9 Å². The first-order chi connectivity index (χ1) is 29.1. The van der Waals surface area contributed by atoms with E-state index < -0.39 is 41.4 Å². The molecule has 0 saturated heterocycles. The van der Waals surface area contributed by atoms with Crippen LogP contribution in [0.4, 0.5) is 0 Å². The second-order valence-corrected chi connectivity index (χ2v) is 20.1. The molecule has 0 radical (unpaired) electrons. The van der Waals surface area contributed by atoms with Crippen LogP contribution in [0.15, 0.2) is 60.7 Å². The van der Waals surface area contributed by atoms with Gasteiger partial charge in [-0.15, -0.1) is 0 Å². The Labute approximate surface area is 357 Å². The third kappa shape index (κ3) is 7.02. The van der Waals surface area contributed by atoms with Crippen molar-refractivity contribution in [3.05, 3.63) is 99.6 Å². The van der Waals surface area contributed by atoms with Gasteiger partial charge in [-0.2, -0.15) is 0 Å². The maximum atomic E-state index is 14.2. The highest BCUT2D eigenvalue weighted by molar-refractivity contribution is 6.16. The highest BCUT2D eigenvalue weighted by Crippen LogP contribution is 2.69. The number of cyclic esters (lactones) is 4. The van der Waals surface area contributed by atoms with E-state index in [2.05, 4.69) is 39.4 Å². The summed E-state index contributed by atoms with van der Waals surface area (Å²) in [5.41, 5.74) is 0.778. The number of hydrogen-bond acceptors (Lipinski definition) is 10. The van der Waals surface area contributed by atoms with Crippen molar-refractivity contribution in [1.29, 1.82) is 0 Å². The predicted octanol–water partition coefficient (Wildman–Crippen LogP) is 10.7. The number of carbonyl (C=O) groups is 6. The zero-order valence-electron chi connectivity index (χ0n) is 35.9. The first kappa shape index (κ1) is 41.2. The van der Waals surface area contributed by atoms with Gasteiger partial charge in [0.15, 0.2) is 0 Å². The van der Waals surface area contributed by atoms with Crippen LogP contribution in [0.25, 0.3) is 0 Å². The van der Waals surface area contributed by atoms with Crippen molar-refractivity contribution in [2.75, 3.05) is 0 Å². The smallest absolute Gasteiger partial charge is 0.346 e. The molecule has 0 N–H and O–H groups in total. The lowest BCUT2D eigenvalue weighted by atomic mass is 9.43. The molecule has 4 aliphatic carbocycles. The van der Waals surface area contributed by atoms with E-state index in [9.17, 15) is 28.8 Å². The van der Waals surface area contributed by atoms with Gasteiger partial charge in [0.25, 0.3) is 0 Å². The fraction of sp³-hybridized carbons (Fsp3) is 0.529. The van der Waals surface area contributed by atoms with Crippen LogP contribution < -0.4 is 4.74 Å². The highest BCUT2D eigenvalue weighted by atomic mass is 16.6.